The molecule has 5 heteroatoms. The Kier molecular flexibility index (Phi) is 5.95. The maximum atomic E-state index is 11.2. The Bertz CT molecular complexity index is 270. The fourth-order valence-electron chi connectivity index (χ4n) is 0.836. The molecule has 0 rings (SSSR count). The van der Waals surface area contributed by atoms with Crippen LogP contribution in [0.15, 0.2) is 0 Å². The summed E-state index contributed by atoms with van der Waals surface area (Å²) in [4.78, 5) is 21.6. The van der Waals surface area contributed by atoms with Crippen LogP contribution in [0.4, 0.5) is 4.79 Å². The molecule has 0 bridgehead atoms. The number of terminal acetylenes is 1. The Labute approximate surface area is 89.2 Å². The lowest BCUT2D eigenvalue weighted by atomic mass is 10.2. The molecule has 0 heterocycles. The van der Waals surface area contributed by atoms with Gasteiger partial charge < -0.3 is 15.7 Å². The monoisotopic (exact) mass is 212 g/mol. The summed E-state index contributed by atoms with van der Waals surface area (Å²) in [6.45, 7) is 3.40. The Morgan fingerprint density at radius 2 is 2.07 bits per heavy atom. The molecular weight excluding hydrogens is 196 g/mol. The number of carbonyl (C=O) groups excluding carboxylic acids is 1. The van der Waals surface area contributed by atoms with Gasteiger partial charge in [-0.3, -0.25) is 4.79 Å². The van der Waals surface area contributed by atoms with Gasteiger partial charge in [-0.1, -0.05) is 6.92 Å². The zero-order valence-electron chi connectivity index (χ0n) is 8.91. The van der Waals surface area contributed by atoms with Crippen LogP contribution in [0.5, 0.6) is 0 Å². The van der Waals surface area contributed by atoms with Crippen LogP contribution < -0.4 is 10.6 Å². The van der Waals surface area contributed by atoms with E-state index in [4.69, 9.17) is 11.5 Å². The number of rotatable bonds is 5. The SMILES string of the molecule is C#CCC(C)NC(=O)NCC(C)C(=O)O. The quantitative estimate of drug-likeness (QED) is 0.578. The molecule has 0 fully saturated rings. The van der Waals surface area contributed by atoms with Crippen LogP contribution in [-0.2, 0) is 4.79 Å². The van der Waals surface area contributed by atoms with Crippen molar-refractivity contribution in [1.82, 2.24) is 10.6 Å². The van der Waals surface area contributed by atoms with E-state index in [2.05, 4.69) is 16.6 Å². The van der Waals surface area contributed by atoms with E-state index in [0.717, 1.165) is 0 Å². The summed E-state index contributed by atoms with van der Waals surface area (Å²) < 4.78 is 0. The molecule has 0 saturated heterocycles. The van der Waals surface area contributed by atoms with Crippen molar-refractivity contribution in [3.63, 3.8) is 0 Å². The van der Waals surface area contributed by atoms with E-state index in [1.807, 2.05) is 0 Å². The van der Waals surface area contributed by atoms with E-state index in [-0.39, 0.29) is 12.6 Å². The third kappa shape index (κ3) is 6.38. The fourth-order valence-corrected chi connectivity index (χ4v) is 0.836. The van der Waals surface area contributed by atoms with Gasteiger partial charge in [0.2, 0.25) is 0 Å². The molecule has 2 amide bonds. The highest BCUT2D eigenvalue weighted by Gasteiger charge is 2.12. The van der Waals surface area contributed by atoms with E-state index in [1.165, 1.54) is 6.92 Å². The van der Waals surface area contributed by atoms with Gasteiger partial charge in [0.05, 0.1) is 5.92 Å². The largest absolute Gasteiger partial charge is 0.481 e. The van der Waals surface area contributed by atoms with Crippen LogP contribution in [0.25, 0.3) is 0 Å². The Morgan fingerprint density at radius 1 is 1.47 bits per heavy atom. The van der Waals surface area contributed by atoms with Crippen LogP contribution in [0.1, 0.15) is 20.3 Å². The highest BCUT2D eigenvalue weighted by Crippen LogP contribution is 1.92. The van der Waals surface area contributed by atoms with Crippen LogP contribution in [-0.4, -0.2) is 29.7 Å². The molecule has 2 atom stereocenters. The van der Waals surface area contributed by atoms with Gasteiger partial charge in [0.15, 0.2) is 0 Å². The van der Waals surface area contributed by atoms with Crippen molar-refractivity contribution in [3.8, 4) is 12.3 Å². The minimum atomic E-state index is -0.938. The van der Waals surface area contributed by atoms with Crippen molar-refractivity contribution < 1.29 is 14.7 Å². The molecule has 2 unspecified atom stereocenters. The van der Waals surface area contributed by atoms with Crippen molar-refractivity contribution in [2.45, 2.75) is 26.3 Å². The average molecular weight is 212 g/mol. The summed E-state index contributed by atoms with van der Waals surface area (Å²) in [5.74, 6) is 0.883. The van der Waals surface area contributed by atoms with Gasteiger partial charge in [0.1, 0.15) is 0 Å². The van der Waals surface area contributed by atoms with E-state index < -0.39 is 17.9 Å². The van der Waals surface area contributed by atoms with Gasteiger partial charge in [0, 0.05) is 19.0 Å². The average Bonchev–Trinajstić information content (AvgIpc) is 2.14. The minimum Gasteiger partial charge on any atom is -0.481 e. The molecule has 0 aromatic carbocycles. The van der Waals surface area contributed by atoms with Gasteiger partial charge in [0.25, 0.3) is 0 Å². The maximum Gasteiger partial charge on any atom is 0.315 e. The van der Waals surface area contributed by atoms with Crippen molar-refractivity contribution in [3.05, 3.63) is 0 Å². The molecule has 0 radical (unpaired) electrons. The molecule has 15 heavy (non-hydrogen) atoms. The van der Waals surface area contributed by atoms with Gasteiger partial charge in [-0.15, -0.1) is 12.3 Å². The standard InChI is InChI=1S/C10H16N2O3/c1-4-5-8(3)12-10(15)11-6-7(2)9(13)14/h1,7-8H,5-6H2,2-3H3,(H,13,14)(H2,11,12,15). The first-order valence-electron chi connectivity index (χ1n) is 4.68. The highest BCUT2D eigenvalue weighted by molar-refractivity contribution is 5.75. The molecule has 0 aliphatic carbocycles. The predicted octanol–water partition coefficient (Wildman–Crippen LogP) is 0.418. The molecule has 0 aliphatic rings. The predicted molar refractivity (Wildman–Crippen MR) is 56.2 cm³/mol. The number of amides is 2. The number of nitrogens with one attached hydrogen (secondary N) is 2. The van der Waals surface area contributed by atoms with Crippen molar-refractivity contribution in [2.24, 2.45) is 5.92 Å². The molecule has 84 valence electrons. The molecule has 0 aliphatic heterocycles. The lowest BCUT2D eigenvalue weighted by Crippen LogP contribution is -2.43. The first-order valence-corrected chi connectivity index (χ1v) is 4.68. The topological polar surface area (TPSA) is 78.4 Å². The highest BCUT2D eigenvalue weighted by atomic mass is 16.4. The van der Waals surface area contributed by atoms with E-state index in [1.54, 1.807) is 6.92 Å². The first kappa shape index (κ1) is 13.3. The minimum absolute atomic E-state index is 0.101. The maximum absolute atomic E-state index is 11.2. The van der Waals surface area contributed by atoms with Crippen LogP contribution in [0.2, 0.25) is 0 Å². The number of carboxylic acids is 1. The summed E-state index contributed by atoms with van der Waals surface area (Å²) in [5.41, 5.74) is 0. The zero-order chi connectivity index (χ0) is 11.8. The Morgan fingerprint density at radius 3 is 2.53 bits per heavy atom. The van der Waals surface area contributed by atoms with Gasteiger partial charge in [-0.25, -0.2) is 4.79 Å². The number of urea groups is 1. The smallest absolute Gasteiger partial charge is 0.315 e. The Balaban J connectivity index is 3.76. The third-order valence-electron chi connectivity index (χ3n) is 1.79. The third-order valence-corrected chi connectivity index (χ3v) is 1.79. The van der Waals surface area contributed by atoms with Crippen molar-refractivity contribution in [1.29, 1.82) is 0 Å². The van der Waals surface area contributed by atoms with E-state index in [9.17, 15) is 9.59 Å². The fraction of sp³-hybridized carbons (Fsp3) is 0.600. The normalized spacial score (nSPS) is 13.4. The molecule has 3 N–H and O–H groups in total. The Hall–Kier alpha value is -1.70. The second-order valence-corrected chi connectivity index (χ2v) is 3.40. The molecule has 0 spiro atoms. The van der Waals surface area contributed by atoms with Crippen LogP contribution >= 0.6 is 0 Å². The molecule has 0 aromatic heterocycles. The zero-order valence-corrected chi connectivity index (χ0v) is 8.91. The second-order valence-electron chi connectivity index (χ2n) is 3.40. The van der Waals surface area contributed by atoms with Crippen molar-refractivity contribution >= 4 is 12.0 Å². The molecule has 5 nitrogen and oxygen atoms in total. The lowest BCUT2D eigenvalue weighted by Gasteiger charge is -2.13. The summed E-state index contributed by atoms with van der Waals surface area (Å²) in [6, 6.07) is -0.513. The van der Waals surface area contributed by atoms with Gasteiger partial charge in [-0.2, -0.15) is 0 Å². The summed E-state index contributed by atoms with van der Waals surface area (Å²) in [6.07, 6.45) is 5.51. The van der Waals surface area contributed by atoms with Gasteiger partial charge >= 0.3 is 12.0 Å². The van der Waals surface area contributed by atoms with Gasteiger partial charge in [-0.05, 0) is 6.92 Å². The molecular formula is C10H16N2O3. The second kappa shape index (κ2) is 6.71. The number of carbonyl (C=O) groups is 2. The summed E-state index contributed by atoms with van der Waals surface area (Å²) in [7, 11) is 0. The lowest BCUT2D eigenvalue weighted by molar-refractivity contribution is -0.140. The summed E-state index contributed by atoms with van der Waals surface area (Å²) >= 11 is 0. The number of hydrogen-bond donors (Lipinski definition) is 3. The van der Waals surface area contributed by atoms with Crippen LogP contribution in [0, 0.1) is 18.3 Å². The van der Waals surface area contributed by atoms with Crippen molar-refractivity contribution in [2.75, 3.05) is 6.54 Å². The summed E-state index contributed by atoms with van der Waals surface area (Å²) in [5, 5.41) is 13.6. The number of aliphatic carboxylic acids is 1. The molecule has 0 saturated carbocycles. The van der Waals surface area contributed by atoms with Crippen LogP contribution in [0.3, 0.4) is 0 Å². The van der Waals surface area contributed by atoms with E-state index >= 15 is 0 Å². The number of hydrogen-bond acceptors (Lipinski definition) is 2. The molecule has 0 aromatic rings. The number of carboxylic acid groups (broad SMARTS) is 1. The van der Waals surface area contributed by atoms with E-state index in [0.29, 0.717) is 6.42 Å². The first-order chi connectivity index (χ1) is 6.97.